The number of halogens is 1. The summed E-state index contributed by atoms with van der Waals surface area (Å²) in [5.41, 5.74) is 0.414. The minimum Gasteiger partial charge on any atom is -0.308 e. The fourth-order valence-electron chi connectivity index (χ4n) is 4.01. The van der Waals surface area contributed by atoms with E-state index in [1.54, 1.807) is 0 Å². The van der Waals surface area contributed by atoms with Crippen LogP contribution >= 0.6 is 27.3 Å². The van der Waals surface area contributed by atoms with Crippen LogP contribution in [-0.4, -0.2) is 29.6 Å². The van der Waals surface area contributed by atoms with Gasteiger partial charge in [-0.25, -0.2) is 0 Å². The zero-order chi connectivity index (χ0) is 14.9. The Balaban J connectivity index is 1.74. The van der Waals surface area contributed by atoms with Crippen molar-refractivity contribution < 1.29 is 0 Å². The van der Waals surface area contributed by atoms with Gasteiger partial charge in [0.25, 0.3) is 0 Å². The summed E-state index contributed by atoms with van der Waals surface area (Å²) in [4.78, 5) is 4.25. The second-order valence-electron chi connectivity index (χ2n) is 7.25. The molecule has 2 aliphatic rings. The SMILES string of the molecule is CC(C)CC1CNC2(CCCC2)CN1Cc1sccc1Br. The van der Waals surface area contributed by atoms with Gasteiger partial charge in [-0.05, 0) is 52.6 Å². The highest BCUT2D eigenvalue weighted by Crippen LogP contribution is 2.35. The lowest BCUT2D eigenvalue weighted by molar-refractivity contribution is 0.0637. The maximum absolute atomic E-state index is 3.92. The van der Waals surface area contributed by atoms with Gasteiger partial charge >= 0.3 is 0 Å². The van der Waals surface area contributed by atoms with E-state index in [9.17, 15) is 0 Å². The lowest BCUT2D eigenvalue weighted by Crippen LogP contribution is -2.62. The Bertz CT molecular complexity index is 465. The van der Waals surface area contributed by atoms with Crippen molar-refractivity contribution in [1.29, 1.82) is 0 Å². The van der Waals surface area contributed by atoms with Crippen LogP contribution in [0.5, 0.6) is 0 Å². The summed E-state index contributed by atoms with van der Waals surface area (Å²) in [6, 6.07) is 2.87. The van der Waals surface area contributed by atoms with E-state index in [-0.39, 0.29) is 0 Å². The third-order valence-corrected chi connectivity index (χ3v) is 6.99. The summed E-state index contributed by atoms with van der Waals surface area (Å²) >= 11 is 5.59. The molecule has 1 aliphatic heterocycles. The second kappa shape index (κ2) is 6.69. The molecule has 1 aliphatic carbocycles. The van der Waals surface area contributed by atoms with E-state index in [1.807, 2.05) is 11.3 Å². The molecule has 1 spiro atoms. The van der Waals surface area contributed by atoms with Crippen LogP contribution in [0, 0.1) is 5.92 Å². The molecule has 0 bridgehead atoms. The van der Waals surface area contributed by atoms with Crippen molar-refractivity contribution in [3.63, 3.8) is 0 Å². The highest BCUT2D eigenvalue weighted by atomic mass is 79.9. The van der Waals surface area contributed by atoms with E-state index in [1.165, 1.54) is 54.5 Å². The summed E-state index contributed by atoms with van der Waals surface area (Å²) < 4.78 is 1.29. The Morgan fingerprint density at radius 3 is 2.81 bits per heavy atom. The summed E-state index contributed by atoms with van der Waals surface area (Å²) in [6.45, 7) is 8.20. The Hall–Kier alpha value is 0.100. The molecule has 1 unspecified atom stereocenters. The lowest BCUT2D eigenvalue weighted by atomic mass is 9.90. The molecule has 3 rings (SSSR count). The van der Waals surface area contributed by atoms with E-state index in [2.05, 4.69) is 51.4 Å². The highest BCUT2D eigenvalue weighted by Gasteiger charge is 2.41. The largest absolute Gasteiger partial charge is 0.308 e. The first kappa shape index (κ1) is 16.0. The molecule has 21 heavy (non-hydrogen) atoms. The summed E-state index contributed by atoms with van der Waals surface area (Å²) in [7, 11) is 0. The van der Waals surface area contributed by atoms with E-state index in [4.69, 9.17) is 0 Å². The second-order valence-corrected chi connectivity index (χ2v) is 9.10. The maximum atomic E-state index is 3.92. The van der Waals surface area contributed by atoms with Gasteiger partial charge in [-0.3, -0.25) is 4.90 Å². The Morgan fingerprint density at radius 2 is 2.19 bits per heavy atom. The van der Waals surface area contributed by atoms with Gasteiger partial charge in [0.05, 0.1) is 0 Å². The van der Waals surface area contributed by atoms with Crippen molar-refractivity contribution in [2.75, 3.05) is 13.1 Å². The first-order valence-corrected chi connectivity index (χ1v) is 9.96. The van der Waals surface area contributed by atoms with Gasteiger partial charge in [0.1, 0.15) is 0 Å². The minimum absolute atomic E-state index is 0.414. The average molecular weight is 371 g/mol. The van der Waals surface area contributed by atoms with Crippen LogP contribution in [0.4, 0.5) is 0 Å². The van der Waals surface area contributed by atoms with Gasteiger partial charge in [0.15, 0.2) is 0 Å². The molecule has 1 N–H and O–H groups in total. The van der Waals surface area contributed by atoms with Gasteiger partial charge in [-0.15, -0.1) is 11.3 Å². The molecule has 0 amide bonds. The van der Waals surface area contributed by atoms with Crippen LogP contribution in [-0.2, 0) is 6.54 Å². The topological polar surface area (TPSA) is 15.3 Å². The van der Waals surface area contributed by atoms with E-state index >= 15 is 0 Å². The van der Waals surface area contributed by atoms with Gasteiger partial charge < -0.3 is 5.32 Å². The first-order chi connectivity index (χ1) is 10.1. The summed E-state index contributed by atoms with van der Waals surface area (Å²) in [6.07, 6.45) is 6.83. The quantitative estimate of drug-likeness (QED) is 0.829. The molecule has 1 aromatic rings. The number of nitrogens with one attached hydrogen (secondary N) is 1. The minimum atomic E-state index is 0.414. The number of hydrogen-bond donors (Lipinski definition) is 1. The average Bonchev–Trinajstić information content (AvgIpc) is 3.04. The predicted octanol–water partition coefficient (Wildman–Crippen LogP) is 4.64. The van der Waals surface area contributed by atoms with Gasteiger partial charge in [-0.2, -0.15) is 0 Å². The van der Waals surface area contributed by atoms with Crippen LogP contribution in [0.1, 0.15) is 50.8 Å². The normalized spacial score (nSPS) is 26.0. The van der Waals surface area contributed by atoms with Crippen molar-refractivity contribution in [3.05, 3.63) is 20.8 Å². The molecule has 2 nitrogen and oxygen atoms in total. The zero-order valence-corrected chi connectivity index (χ0v) is 15.6. The molecule has 2 fully saturated rings. The van der Waals surface area contributed by atoms with Crippen molar-refractivity contribution in [3.8, 4) is 0 Å². The smallest absolute Gasteiger partial charge is 0.0343 e. The van der Waals surface area contributed by atoms with E-state index in [0.717, 1.165) is 12.5 Å². The molecule has 118 valence electrons. The molecule has 1 saturated carbocycles. The van der Waals surface area contributed by atoms with Gasteiger partial charge in [0.2, 0.25) is 0 Å². The summed E-state index contributed by atoms with van der Waals surface area (Å²) in [5, 5.41) is 6.12. The van der Waals surface area contributed by atoms with E-state index in [0.29, 0.717) is 11.6 Å². The monoisotopic (exact) mass is 370 g/mol. The standard InChI is InChI=1S/C17H27BrN2S/c1-13(2)9-14-10-19-17(6-3-4-7-17)12-20(14)11-16-15(18)5-8-21-16/h5,8,13-14,19H,3-4,6-7,9-12H2,1-2H3. The zero-order valence-electron chi connectivity index (χ0n) is 13.2. The number of hydrogen-bond acceptors (Lipinski definition) is 3. The van der Waals surface area contributed by atoms with E-state index < -0.39 is 0 Å². The van der Waals surface area contributed by atoms with Crippen molar-refractivity contribution in [1.82, 2.24) is 10.2 Å². The van der Waals surface area contributed by atoms with Crippen molar-refractivity contribution in [2.24, 2.45) is 5.92 Å². The van der Waals surface area contributed by atoms with Crippen molar-refractivity contribution in [2.45, 2.75) is 64.1 Å². The molecular weight excluding hydrogens is 344 g/mol. The third kappa shape index (κ3) is 3.72. The molecule has 1 aromatic heterocycles. The highest BCUT2D eigenvalue weighted by molar-refractivity contribution is 9.10. The maximum Gasteiger partial charge on any atom is 0.0343 e. The molecule has 0 aromatic carbocycles. The Kier molecular flexibility index (Phi) is 5.09. The first-order valence-electron chi connectivity index (χ1n) is 8.29. The van der Waals surface area contributed by atoms with Gasteiger partial charge in [-0.1, -0.05) is 26.7 Å². The molecular formula is C17H27BrN2S. The lowest BCUT2D eigenvalue weighted by Gasteiger charge is -2.47. The number of thiophene rings is 1. The van der Waals surface area contributed by atoms with Crippen LogP contribution < -0.4 is 5.32 Å². The Morgan fingerprint density at radius 1 is 1.43 bits per heavy atom. The molecule has 4 heteroatoms. The van der Waals surface area contributed by atoms with Crippen LogP contribution in [0.3, 0.4) is 0 Å². The van der Waals surface area contributed by atoms with Crippen molar-refractivity contribution >= 4 is 27.3 Å². The van der Waals surface area contributed by atoms with Crippen LogP contribution in [0.25, 0.3) is 0 Å². The predicted molar refractivity (Wildman–Crippen MR) is 94.9 cm³/mol. The fourth-order valence-corrected chi connectivity index (χ4v) is 5.51. The molecule has 1 saturated heterocycles. The molecule has 1 atom stereocenters. The molecule has 0 radical (unpaired) electrons. The number of nitrogens with zero attached hydrogens (tertiary/aromatic N) is 1. The third-order valence-electron chi connectivity index (χ3n) is 5.08. The van der Waals surface area contributed by atoms with Crippen LogP contribution in [0.15, 0.2) is 15.9 Å². The van der Waals surface area contributed by atoms with Gasteiger partial charge in [0, 0.05) is 40.6 Å². The van der Waals surface area contributed by atoms with Crippen LogP contribution in [0.2, 0.25) is 0 Å². The summed E-state index contributed by atoms with van der Waals surface area (Å²) in [5.74, 6) is 0.767. The fraction of sp³-hybridized carbons (Fsp3) is 0.765. The number of piperazine rings is 1. The number of rotatable bonds is 4. The molecule has 2 heterocycles. The Labute approximate surface area is 141 Å².